The minimum Gasteiger partial charge on any atom is -0.379 e. The molecule has 0 aliphatic carbocycles. The minimum atomic E-state index is 0.114. The van der Waals surface area contributed by atoms with E-state index in [0.717, 1.165) is 34.4 Å². The third-order valence-corrected chi connectivity index (χ3v) is 4.00. The van der Waals surface area contributed by atoms with Crippen molar-refractivity contribution in [3.05, 3.63) is 33.3 Å². The SMILES string of the molecule is CCCC(OC)C(NCC)c1c(Cl)cccc1Br. The molecule has 102 valence electrons. The molecule has 1 aromatic rings. The fourth-order valence-corrected chi connectivity index (χ4v) is 3.17. The lowest BCUT2D eigenvalue weighted by molar-refractivity contribution is 0.0609. The van der Waals surface area contributed by atoms with Gasteiger partial charge in [-0.05, 0) is 25.1 Å². The summed E-state index contributed by atoms with van der Waals surface area (Å²) in [7, 11) is 1.76. The number of rotatable bonds is 7. The van der Waals surface area contributed by atoms with Crippen molar-refractivity contribution in [1.82, 2.24) is 5.32 Å². The van der Waals surface area contributed by atoms with Crippen LogP contribution in [-0.2, 0) is 4.74 Å². The average molecular weight is 335 g/mol. The van der Waals surface area contributed by atoms with Gasteiger partial charge < -0.3 is 10.1 Å². The van der Waals surface area contributed by atoms with Gasteiger partial charge >= 0.3 is 0 Å². The van der Waals surface area contributed by atoms with Gasteiger partial charge in [0.1, 0.15) is 0 Å². The maximum atomic E-state index is 6.34. The Balaban J connectivity index is 3.09. The van der Waals surface area contributed by atoms with Crippen molar-refractivity contribution >= 4 is 27.5 Å². The number of ether oxygens (including phenoxy) is 1. The molecule has 0 aromatic heterocycles. The molecule has 0 radical (unpaired) electrons. The van der Waals surface area contributed by atoms with Gasteiger partial charge in [-0.15, -0.1) is 0 Å². The van der Waals surface area contributed by atoms with Crippen LogP contribution in [0.5, 0.6) is 0 Å². The molecular weight excluding hydrogens is 314 g/mol. The second-order valence-electron chi connectivity index (χ2n) is 4.23. The fourth-order valence-electron chi connectivity index (χ4n) is 2.15. The zero-order valence-electron chi connectivity index (χ0n) is 11.2. The molecule has 1 N–H and O–H groups in total. The lowest BCUT2D eigenvalue weighted by Crippen LogP contribution is -2.33. The molecule has 0 heterocycles. The molecule has 18 heavy (non-hydrogen) atoms. The molecule has 1 aromatic carbocycles. The van der Waals surface area contributed by atoms with E-state index in [4.69, 9.17) is 16.3 Å². The molecule has 4 heteroatoms. The van der Waals surface area contributed by atoms with Crippen molar-refractivity contribution in [2.75, 3.05) is 13.7 Å². The fraction of sp³-hybridized carbons (Fsp3) is 0.571. The van der Waals surface area contributed by atoms with E-state index in [0.29, 0.717) is 0 Å². The highest BCUT2D eigenvalue weighted by Crippen LogP contribution is 2.34. The molecule has 0 saturated carbocycles. The molecule has 0 amide bonds. The smallest absolute Gasteiger partial charge is 0.0766 e. The van der Waals surface area contributed by atoms with Crippen molar-refractivity contribution in [1.29, 1.82) is 0 Å². The Labute approximate surface area is 123 Å². The molecule has 0 fully saturated rings. The molecular formula is C14H21BrClNO. The summed E-state index contributed by atoms with van der Waals surface area (Å²) in [6.07, 6.45) is 2.22. The predicted molar refractivity (Wildman–Crippen MR) is 81.3 cm³/mol. The second kappa shape index (κ2) is 8.16. The lowest BCUT2D eigenvalue weighted by atomic mass is 9.98. The summed E-state index contributed by atoms with van der Waals surface area (Å²) < 4.78 is 6.65. The highest BCUT2D eigenvalue weighted by atomic mass is 79.9. The first-order chi connectivity index (χ1) is 8.65. The number of halogens is 2. The molecule has 0 saturated heterocycles. The van der Waals surface area contributed by atoms with Gasteiger partial charge in [0, 0.05) is 22.2 Å². The molecule has 0 aliphatic rings. The van der Waals surface area contributed by atoms with Crippen LogP contribution in [0.3, 0.4) is 0 Å². The first kappa shape index (κ1) is 16.0. The standard InChI is InChI=1S/C14H21BrClNO/c1-4-7-12(18-3)14(17-5-2)13-10(15)8-6-9-11(13)16/h6,8-9,12,14,17H,4-5,7H2,1-3H3. The zero-order valence-corrected chi connectivity index (χ0v) is 13.5. The average Bonchev–Trinajstić information content (AvgIpc) is 2.35. The van der Waals surface area contributed by atoms with E-state index in [1.54, 1.807) is 7.11 Å². The van der Waals surface area contributed by atoms with Gasteiger partial charge in [-0.1, -0.05) is 53.9 Å². The van der Waals surface area contributed by atoms with Crippen LogP contribution in [-0.4, -0.2) is 19.8 Å². The summed E-state index contributed by atoms with van der Waals surface area (Å²) in [6, 6.07) is 6.00. The van der Waals surface area contributed by atoms with Crippen LogP contribution in [0.2, 0.25) is 5.02 Å². The predicted octanol–water partition coefficient (Wildman–Crippen LogP) is 4.57. The van der Waals surface area contributed by atoms with E-state index in [1.807, 2.05) is 18.2 Å². The third-order valence-electron chi connectivity index (χ3n) is 2.98. The van der Waals surface area contributed by atoms with Crippen molar-refractivity contribution in [3.8, 4) is 0 Å². The second-order valence-corrected chi connectivity index (χ2v) is 5.50. The van der Waals surface area contributed by atoms with Crippen LogP contribution in [0, 0.1) is 0 Å². The Hall–Kier alpha value is -0.0900. The Kier molecular flexibility index (Phi) is 7.23. The van der Waals surface area contributed by atoms with Gasteiger partial charge in [0.05, 0.1) is 12.1 Å². The summed E-state index contributed by atoms with van der Waals surface area (Å²) in [4.78, 5) is 0. The summed E-state index contributed by atoms with van der Waals surface area (Å²) in [6.45, 7) is 5.14. The number of methoxy groups -OCH3 is 1. The number of hydrogen-bond acceptors (Lipinski definition) is 2. The summed E-state index contributed by atoms with van der Waals surface area (Å²) >= 11 is 9.92. The number of benzene rings is 1. The molecule has 0 aliphatic heterocycles. The van der Waals surface area contributed by atoms with Crippen LogP contribution < -0.4 is 5.32 Å². The van der Waals surface area contributed by atoms with Crippen LogP contribution in [0.1, 0.15) is 38.3 Å². The van der Waals surface area contributed by atoms with Crippen LogP contribution >= 0.6 is 27.5 Å². The first-order valence-corrected chi connectivity index (χ1v) is 7.52. The van der Waals surface area contributed by atoms with Gasteiger partial charge in [-0.3, -0.25) is 0 Å². The number of likely N-dealkylation sites (N-methyl/N-ethyl adjacent to an activating group) is 1. The lowest BCUT2D eigenvalue weighted by Gasteiger charge is -2.28. The van der Waals surface area contributed by atoms with Gasteiger partial charge in [0.25, 0.3) is 0 Å². The molecule has 0 spiro atoms. The third kappa shape index (κ3) is 3.95. The van der Waals surface area contributed by atoms with E-state index < -0.39 is 0 Å². The molecule has 2 nitrogen and oxygen atoms in total. The van der Waals surface area contributed by atoms with Crippen LogP contribution in [0.15, 0.2) is 22.7 Å². The van der Waals surface area contributed by atoms with Gasteiger partial charge in [0.2, 0.25) is 0 Å². The van der Waals surface area contributed by atoms with Gasteiger partial charge in [-0.25, -0.2) is 0 Å². The first-order valence-electron chi connectivity index (χ1n) is 6.35. The highest BCUT2D eigenvalue weighted by molar-refractivity contribution is 9.10. The quantitative estimate of drug-likeness (QED) is 0.788. The van der Waals surface area contributed by atoms with Gasteiger partial charge in [-0.2, -0.15) is 0 Å². The van der Waals surface area contributed by atoms with E-state index >= 15 is 0 Å². The van der Waals surface area contributed by atoms with Crippen molar-refractivity contribution < 1.29 is 4.74 Å². The van der Waals surface area contributed by atoms with E-state index in [9.17, 15) is 0 Å². The van der Waals surface area contributed by atoms with Crippen molar-refractivity contribution in [2.45, 2.75) is 38.8 Å². The molecule has 2 unspecified atom stereocenters. The van der Waals surface area contributed by atoms with Gasteiger partial charge in [0.15, 0.2) is 0 Å². The van der Waals surface area contributed by atoms with E-state index in [-0.39, 0.29) is 12.1 Å². The number of nitrogens with one attached hydrogen (secondary N) is 1. The van der Waals surface area contributed by atoms with E-state index in [1.165, 1.54) is 0 Å². The monoisotopic (exact) mass is 333 g/mol. The molecule has 1 rings (SSSR count). The maximum absolute atomic E-state index is 6.34. The largest absolute Gasteiger partial charge is 0.379 e. The van der Waals surface area contributed by atoms with Crippen molar-refractivity contribution in [3.63, 3.8) is 0 Å². The zero-order chi connectivity index (χ0) is 13.5. The summed E-state index contributed by atoms with van der Waals surface area (Å²) in [5.74, 6) is 0. The Morgan fingerprint density at radius 3 is 2.61 bits per heavy atom. The summed E-state index contributed by atoms with van der Waals surface area (Å²) in [5.41, 5.74) is 1.08. The number of hydrogen-bond donors (Lipinski definition) is 1. The Bertz CT molecular complexity index is 353. The van der Waals surface area contributed by atoms with Crippen LogP contribution in [0.25, 0.3) is 0 Å². The highest BCUT2D eigenvalue weighted by Gasteiger charge is 2.25. The normalized spacial score (nSPS) is 14.5. The van der Waals surface area contributed by atoms with Crippen molar-refractivity contribution in [2.24, 2.45) is 0 Å². The Morgan fingerprint density at radius 1 is 1.39 bits per heavy atom. The Morgan fingerprint density at radius 2 is 2.11 bits per heavy atom. The van der Waals surface area contributed by atoms with E-state index in [2.05, 4.69) is 35.1 Å². The van der Waals surface area contributed by atoms with Crippen LogP contribution in [0.4, 0.5) is 0 Å². The maximum Gasteiger partial charge on any atom is 0.0766 e. The topological polar surface area (TPSA) is 21.3 Å². The summed E-state index contributed by atoms with van der Waals surface area (Å²) in [5, 5.41) is 4.25. The molecule has 0 bridgehead atoms. The minimum absolute atomic E-state index is 0.114. The molecule has 2 atom stereocenters.